The van der Waals surface area contributed by atoms with Gasteiger partial charge in [-0.05, 0) is 61.7 Å². The van der Waals surface area contributed by atoms with Crippen LogP contribution in [0.5, 0.6) is 0 Å². The first-order chi connectivity index (χ1) is 15.2. The summed E-state index contributed by atoms with van der Waals surface area (Å²) in [5.41, 5.74) is 5.59. The van der Waals surface area contributed by atoms with Gasteiger partial charge >= 0.3 is 0 Å². The highest BCUT2D eigenvalue weighted by Gasteiger charge is 2.18. The van der Waals surface area contributed by atoms with Crippen LogP contribution in [0.1, 0.15) is 35.3 Å². The third kappa shape index (κ3) is 4.46. The van der Waals surface area contributed by atoms with Crippen molar-refractivity contribution in [2.75, 3.05) is 0 Å². The lowest BCUT2D eigenvalue weighted by atomic mass is 10.1. The molecule has 1 amide bonds. The van der Waals surface area contributed by atoms with E-state index in [4.69, 9.17) is 0 Å². The number of benzene rings is 2. The number of hydrogen-bond donors (Lipinski definition) is 1. The van der Waals surface area contributed by atoms with Gasteiger partial charge in [0, 0.05) is 24.5 Å². The van der Waals surface area contributed by atoms with Crippen molar-refractivity contribution in [3.8, 4) is 11.1 Å². The Labute approximate surface area is 188 Å². The predicted molar refractivity (Wildman–Crippen MR) is 128 cm³/mol. The van der Waals surface area contributed by atoms with Gasteiger partial charge in [0.1, 0.15) is 0 Å². The topological polar surface area (TPSA) is 67.7 Å². The van der Waals surface area contributed by atoms with Crippen molar-refractivity contribution in [2.45, 2.75) is 37.5 Å². The van der Waals surface area contributed by atoms with Crippen LogP contribution in [0.25, 0.3) is 16.6 Å². The Hall–Kier alpha value is -3.38. The van der Waals surface area contributed by atoms with Gasteiger partial charge in [-0.2, -0.15) is 0 Å². The van der Waals surface area contributed by atoms with Gasteiger partial charge in [-0.1, -0.05) is 48.0 Å². The monoisotopic (exact) mass is 446 g/mol. The number of carbonyl (C=O) groups is 1. The fourth-order valence-corrected chi connectivity index (χ4v) is 4.56. The van der Waals surface area contributed by atoms with Gasteiger partial charge in [0.2, 0.25) is 0 Å². The molecule has 5 nitrogen and oxygen atoms in total. The van der Waals surface area contributed by atoms with Crippen molar-refractivity contribution in [3.05, 3.63) is 95.8 Å². The number of rotatable bonds is 6. The highest BCUT2D eigenvalue weighted by Crippen LogP contribution is 2.24. The summed E-state index contributed by atoms with van der Waals surface area (Å²) in [6.07, 6.45) is 3.75. The van der Waals surface area contributed by atoms with Gasteiger partial charge in [0.15, 0.2) is 9.84 Å². The van der Waals surface area contributed by atoms with Crippen molar-refractivity contribution in [2.24, 2.45) is 0 Å². The van der Waals surface area contributed by atoms with Crippen LogP contribution in [0, 0.1) is 6.92 Å². The highest BCUT2D eigenvalue weighted by molar-refractivity contribution is 7.92. The molecule has 1 N–H and O–H groups in total. The van der Waals surface area contributed by atoms with E-state index in [0.717, 1.165) is 22.2 Å². The first-order valence-corrected chi connectivity index (χ1v) is 12.1. The molecule has 2 heterocycles. The molecule has 0 aliphatic rings. The summed E-state index contributed by atoms with van der Waals surface area (Å²) in [7, 11) is -3.29. The molecule has 4 aromatic rings. The third-order valence-electron chi connectivity index (χ3n) is 5.56. The number of nitrogens with one attached hydrogen (secondary N) is 1. The molecule has 0 spiro atoms. The Bertz CT molecular complexity index is 1370. The van der Waals surface area contributed by atoms with Gasteiger partial charge in [0.25, 0.3) is 5.91 Å². The molecule has 0 bridgehead atoms. The predicted octanol–water partition coefficient (Wildman–Crippen LogP) is 5.03. The van der Waals surface area contributed by atoms with Crippen LogP contribution in [-0.4, -0.2) is 24.0 Å². The van der Waals surface area contributed by atoms with Gasteiger partial charge in [-0.15, -0.1) is 0 Å². The second kappa shape index (κ2) is 8.63. The zero-order valence-electron chi connectivity index (χ0n) is 18.4. The van der Waals surface area contributed by atoms with Crippen molar-refractivity contribution in [1.82, 2.24) is 9.72 Å². The van der Waals surface area contributed by atoms with E-state index >= 15 is 0 Å². The average molecular weight is 447 g/mol. The summed E-state index contributed by atoms with van der Waals surface area (Å²) in [4.78, 5) is 12.9. The molecule has 0 aliphatic carbocycles. The molecule has 0 saturated heterocycles. The zero-order chi connectivity index (χ0) is 22.9. The second-order valence-corrected chi connectivity index (χ2v) is 10.8. The van der Waals surface area contributed by atoms with Gasteiger partial charge < -0.3 is 9.72 Å². The summed E-state index contributed by atoms with van der Waals surface area (Å²) in [6, 6.07) is 20.8. The van der Waals surface area contributed by atoms with E-state index < -0.39 is 15.1 Å². The molecule has 0 saturated carbocycles. The first-order valence-electron chi connectivity index (χ1n) is 10.5. The Kier molecular flexibility index (Phi) is 5.89. The molecule has 0 radical (unpaired) electrons. The van der Waals surface area contributed by atoms with E-state index in [0.29, 0.717) is 17.0 Å². The number of sulfone groups is 1. The molecule has 2 aromatic carbocycles. The molecule has 4 rings (SSSR count). The summed E-state index contributed by atoms with van der Waals surface area (Å²) >= 11 is 0. The number of aryl methyl sites for hydroxylation is 1. The summed E-state index contributed by atoms with van der Waals surface area (Å²) in [5.74, 6) is -0.126. The normalized spacial score (nSPS) is 11.8. The van der Waals surface area contributed by atoms with Crippen molar-refractivity contribution >= 4 is 21.3 Å². The summed E-state index contributed by atoms with van der Waals surface area (Å²) in [5, 5.41) is 2.50. The quantitative estimate of drug-likeness (QED) is 0.452. The lowest BCUT2D eigenvalue weighted by Gasteiger charge is -2.09. The maximum atomic E-state index is 12.6. The van der Waals surface area contributed by atoms with Crippen LogP contribution in [-0.2, 0) is 16.4 Å². The minimum absolute atomic E-state index is 0.126. The lowest BCUT2D eigenvalue weighted by molar-refractivity contribution is 0.0951. The van der Waals surface area contributed by atoms with Crippen LogP contribution in [0.4, 0.5) is 0 Å². The van der Waals surface area contributed by atoms with Crippen molar-refractivity contribution < 1.29 is 13.2 Å². The second-order valence-electron chi connectivity index (χ2n) is 8.27. The molecule has 0 aliphatic heterocycles. The third-order valence-corrected chi connectivity index (χ3v) is 7.73. The van der Waals surface area contributed by atoms with Crippen LogP contribution < -0.4 is 5.32 Å². The Morgan fingerprint density at radius 2 is 1.56 bits per heavy atom. The molecule has 164 valence electrons. The standard InChI is InChI=1S/C26H26N2O3S/c1-18(2)32(30,31)25-12-9-21(10-13-25)22-8-11-24-14-23(17-28(24)16-22)26(29)27-15-20-6-4-19(3)5-7-20/h4-14,16-18H,15H2,1-3H3,(H,27,29). The fourth-order valence-electron chi connectivity index (χ4n) is 3.50. The Balaban J connectivity index is 1.52. The number of pyridine rings is 1. The summed E-state index contributed by atoms with van der Waals surface area (Å²) < 4.78 is 26.6. The molecular weight excluding hydrogens is 420 g/mol. The van der Waals surface area contributed by atoms with Crippen molar-refractivity contribution in [3.63, 3.8) is 0 Å². The van der Waals surface area contributed by atoms with E-state index in [2.05, 4.69) is 5.32 Å². The van der Waals surface area contributed by atoms with E-state index in [1.54, 1.807) is 32.2 Å². The molecule has 0 unspecified atom stereocenters. The van der Waals surface area contributed by atoms with Gasteiger partial charge in [-0.25, -0.2) is 8.42 Å². The molecule has 6 heteroatoms. The Morgan fingerprint density at radius 1 is 0.906 bits per heavy atom. The number of hydrogen-bond acceptors (Lipinski definition) is 3. The number of aromatic nitrogens is 1. The number of fused-ring (bicyclic) bond motifs is 1. The SMILES string of the molecule is Cc1ccc(CNC(=O)c2cc3ccc(-c4ccc(S(=O)(=O)C(C)C)cc4)cn3c2)cc1. The minimum Gasteiger partial charge on any atom is -0.348 e. The molecule has 0 fully saturated rings. The van der Waals surface area contributed by atoms with Gasteiger partial charge in [-0.3, -0.25) is 4.79 Å². The van der Waals surface area contributed by atoms with Crippen LogP contribution in [0.3, 0.4) is 0 Å². The Morgan fingerprint density at radius 3 is 2.22 bits per heavy atom. The number of amides is 1. The van der Waals surface area contributed by atoms with Gasteiger partial charge in [0.05, 0.1) is 15.7 Å². The van der Waals surface area contributed by atoms with Crippen LogP contribution in [0.15, 0.2) is 84.0 Å². The smallest absolute Gasteiger partial charge is 0.253 e. The maximum absolute atomic E-state index is 12.6. The highest BCUT2D eigenvalue weighted by atomic mass is 32.2. The van der Waals surface area contributed by atoms with E-state index in [1.807, 2.05) is 72.1 Å². The lowest BCUT2D eigenvalue weighted by Crippen LogP contribution is -2.22. The number of nitrogens with zero attached hydrogens (tertiary/aromatic N) is 1. The zero-order valence-corrected chi connectivity index (χ0v) is 19.2. The van der Waals surface area contributed by atoms with Crippen molar-refractivity contribution in [1.29, 1.82) is 0 Å². The average Bonchev–Trinajstić information content (AvgIpc) is 3.22. The summed E-state index contributed by atoms with van der Waals surface area (Å²) in [6.45, 7) is 5.86. The molecule has 0 atom stereocenters. The van der Waals surface area contributed by atoms with Crippen LogP contribution >= 0.6 is 0 Å². The van der Waals surface area contributed by atoms with Crippen LogP contribution in [0.2, 0.25) is 0 Å². The maximum Gasteiger partial charge on any atom is 0.253 e. The molecule has 2 aromatic heterocycles. The van der Waals surface area contributed by atoms with E-state index in [-0.39, 0.29) is 5.91 Å². The molecule has 32 heavy (non-hydrogen) atoms. The fraction of sp³-hybridized carbons (Fsp3) is 0.192. The number of carbonyl (C=O) groups excluding carboxylic acids is 1. The first kappa shape index (κ1) is 21.8. The van der Waals surface area contributed by atoms with E-state index in [1.165, 1.54) is 5.56 Å². The molecular formula is C26H26N2O3S. The largest absolute Gasteiger partial charge is 0.348 e. The van der Waals surface area contributed by atoms with E-state index in [9.17, 15) is 13.2 Å². The minimum atomic E-state index is -3.29.